The Kier molecular flexibility index (Phi) is 7.22. The van der Waals surface area contributed by atoms with Gasteiger partial charge < -0.3 is 0 Å². The van der Waals surface area contributed by atoms with Gasteiger partial charge >= 0.3 is 0 Å². The van der Waals surface area contributed by atoms with E-state index in [4.69, 9.17) is 0 Å². The Morgan fingerprint density at radius 1 is 0.840 bits per heavy atom. The highest BCUT2D eigenvalue weighted by molar-refractivity contribution is 5.28. The van der Waals surface area contributed by atoms with Crippen LogP contribution in [0, 0.1) is 36.3 Å². The van der Waals surface area contributed by atoms with Gasteiger partial charge in [-0.2, -0.15) is 0 Å². The standard InChI is InChI=1S/C22H30F2.CH4/c1-3-4-16-6-8-17(9-7-16)18-10-12-19(13-11-18)20-14-5-15(2)21(23)22(20)24;/h3-5,14,16-19H,6-13H2,1-2H3;1H4. The van der Waals surface area contributed by atoms with Crippen molar-refractivity contribution in [1.82, 2.24) is 0 Å². The lowest BCUT2D eigenvalue weighted by molar-refractivity contribution is 0.170. The van der Waals surface area contributed by atoms with E-state index in [0.29, 0.717) is 11.1 Å². The number of rotatable bonds is 3. The van der Waals surface area contributed by atoms with Gasteiger partial charge in [0.25, 0.3) is 0 Å². The lowest BCUT2D eigenvalue weighted by Gasteiger charge is -2.37. The van der Waals surface area contributed by atoms with Gasteiger partial charge in [-0.15, -0.1) is 0 Å². The van der Waals surface area contributed by atoms with Crippen LogP contribution >= 0.6 is 0 Å². The summed E-state index contributed by atoms with van der Waals surface area (Å²) < 4.78 is 28.1. The Hall–Kier alpha value is -1.18. The summed E-state index contributed by atoms with van der Waals surface area (Å²) in [5.74, 6) is 1.38. The van der Waals surface area contributed by atoms with Crippen LogP contribution in [0.2, 0.25) is 0 Å². The SMILES string of the molecule is C.CC=CC1CCC(C2CCC(c3ccc(C)c(F)c3F)CC2)CC1. The maximum Gasteiger partial charge on any atom is 0.162 e. The van der Waals surface area contributed by atoms with Crippen LogP contribution in [0.1, 0.15) is 82.8 Å². The largest absolute Gasteiger partial charge is 0.203 e. The summed E-state index contributed by atoms with van der Waals surface area (Å²) in [5.41, 5.74) is 1.01. The van der Waals surface area contributed by atoms with Crippen molar-refractivity contribution in [1.29, 1.82) is 0 Å². The van der Waals surface area contributed by atoms with E-state index in [2.05, 4.69) is 19.1 Å². The Balaban J connectivity index is 0.00000225. The molecule has 2 aliphatic rings. The zero-order chi connectivity index (χ0) is 17.1. The van der Waals surface area contributed by atoms with E-state index in [1.54, 1.807) is 19.1 Å². The zero-order valence-electron chi connectivity index (χ0n) is 15.0. The van der Waals surface area contributed by atoms with Crippen LogP contribution in [0.25, 0.3) is 0 Å². The molecule has 0 unspecified atom stereocenters. The van der Waals surface area contributed by atoms with Gasteiger partial charge in [-0.05, 0) is 100 Å². The number of hydrogen-bond donors (Lipinski definition) is 0. The van der Waals surface area contributed by atoms with Gasteiger partial charge in [0, 0.05) is 0 Å². The maximum absolute atomic E-state index is 14.2. The predicted molar refractivity (Wildman–Crippen MR) is 103 cm³/mol. The maximum atomic E-state index is 14.2. The third kappa shape index (κ3) is 4.51. The number of hydrogen-bond acceptors (Lipinski definition) is 0. The third-order valence-electron chi connectivity index (χ3n) is 6.46. The van der Waals surface area contributed by atoms with Crippen molar-refractivity contribution in [3.05, 3.63) is 47.0 Å². The first-order chi connectivity index (χ1) is 11.6. The van der Waals surface area contributed by atoms with Crippen molar-refractivity contribution in [2.75, 3.05) is 0 Å². The van der Waals surface area contributed by atoms with Crippen LogP contribution in [-0.4, -0.2) is 0 Å². The number of allylic oxidation sites excluding steroid dienone is 2. The van der Waals surface area contributed by atoms with Crippen molar-refractivity contribution in [3.8, 4) is 0 Å². The fraction of sp³-hybridized carbons (Fsp3) is 0.652. The van der Waals surface area contributed by atoms with E-state index in [9.17, 15) is 8.78 Å². The molecule has 25 heavy (non-hydrogen) atoms. The summed E-state index contributed by atoms with van der Waals surface area (Å²) >= 11 is 0. The second-order valence-corrected chi connectivity index (χ2v) is 7.91. The van der Waals surface area contributed by atoms with Gasteiger partial charge in [0.05, 0.1) is 0 Å². The third-order valence-corrected chi connectivity index (χ3v) is 6.46. The molecule has 0 saturated heterocycles. The Morgan fingerprint density at radius 3 is 1.96 bits per heavy atom. The number of aryl methyl sites for hydroxylation is 1. The molecule has 0 heterocycles. The summed E-state index contributed by atoms with van der Waals surface area (Å²) in [6, 6.07) is 3.53. The molecule has 2 heteroatoms. The van der Waals surface area contributed by atoms with Crippen molar-refractivity contribution in [2.24, 2.45) is 17.8 Å². The van der Waals surface area contributed by atoms with E-state index in [1.807, 2.05) is 0 Å². The van der Waals surface area contributed by atoms with Crippen LogP contribution in [0.5, 0.6) is 0 Å². The molecule has 2 fully saturated rings. The summed E-state index contributed by atoms with van der Waals surface area (Å²) in [6.45, 7) is 3.74. The van der Waals surface area contributed by atoms with Gasteiger partial charge in [0.15, 0.2) is 11.6 Å². The first-order valence-corrected chi connectivity index (χ1v) is 9.67. The smallest absolute Gasteiger partial charge is 0.162 e. The highest BCUT2D eigenvalue weighted by Gasteiger charge is 2.31. The highest BCUT2D eigenvalue weighted by atomic mass is 19.2. The molecule has 0 aliphatic heterocycles. The van der Waals surface area contributed by atoms with Gasteiger partial charge in [-0.25, -0.2) is 8.78 Å². The molecule has 0 bridgehead atoms. The second kappa shape index (κ2) is 8.96. The van der Waals surface area contributed by atoms with Crippen molar-refractivity contribution in [2.45, 2.75) is 78.6 Å². The molecule has 2 saturated carbocycles. The first kappa shape index (κ1) is 20.1. The van der Waals surface area contributed by atoms with E-state index in [0.717, 1.165) is 30.6 Å². The fourth-order valence-corrected chi connectivity index (χ4v) is 4.96. The van der Waals surface area contributed by atoms with Crippen molar-refractivity contribution >= 4 is 0 Å². The monoisotopic (exact) mass is 348 g/mol. The van der Waals surface area contributed by atoms with Crippen molar-refractivity contribution < 1.29 is 8.78 Å². The number of benzene rings is 1. The van der Waals surface area contributed by atoms with Gasteiger partial charge in [0.2, 0.25) is 0 Å². The average molecular weight is 349 g/mol. The molecule has 0 spiro atoms. The summed E-state index contributed by atoms with van der Waals surface area (Å²) in [6.07, 6.45) is 14.3. The molecular formula is C23H34F2. The van der Waals surface area contributed by atoms with E-state index < -0.39 is 11.6 Å². The van der Waals surface area contributed by atoms with Gasteiger partial charge in [0.1, 0.15) is 0 Å². The molecule has 0 atom stereocenters. The molecule has 0 amide bonds. The fourth-order valence-electron chi connectivity index (χ4n) is 4.96. The minimum absolute atomic E-state index is 0. The summed E-state index contributed by atoms with van der Waals surface area (Å²) in [4.78, 5) is 0. The molecule has 0 N–H and O–H groups in total. The van der Waals surface area contributed by atoms with Gasteiger partial charge in [-0.3, -0.25) is 0 Å². The van der Waals surface area contributed by atoms with E-state index >= 15 is 0 Å². The van der Waals surface area contributed by atoms with Crippen LogP contribution in [-0.2, 0) is 0 Å². The Bertz CT molecular complexity index is 574. The second-order valence-electron chi connectivity index (χ2n) is 7.91. The molecule has 2 aliphatic carbocycles. The topological polar surface area (TPSA) is 0 Å². The van der Waals surface area contributed by atoms with Crippen LogP contribution in [0.15, 0.2) is 24.3 Å². The normalized spacial score (nSPS) is 30.2. The average Bonchev–Trinajstić information content (AvgIpc) is 2.61. The highest BCUT2D eigenvalue weighted by Crippen LogP contribution is 2.44. The zero-order valence-corrected chi connectivity index (χ0v) is 15.0. The van der Waals surface area contributed by atoms with Gasteiger partial charge in [-0.1, -0.05) is 31.7 Å². The number of halogens is 2. The molecule has 0 nitrogen and oxygen atoms in total. The predicted octanol–water partition coefficient (Wildman–Crippen LogP) is 7.57. The lowest BCUT2D eigenvalue weighted by Crippen LogP contribution is -2.25. The van der Waals surface area contributed by atoms with Crippen LogP contribution in [0.4, 0.5) is 8.78 Å². The lowest BCUT2D eigenvalue weighted by atomic mass is 9.68. The summed E-state index contributed by atoms with van der Waals surface area (Å²) in [5, 5.41) is 0. The Labute approximate surface area is 152 Å². The quantitative estimate of drug-likeness (QED) is 0.494. The molecule has 1 aromatic rings. The molecule has 1 aromatic carbocycles. The molecule has 3 rings (SSSR count). The minimum Gasteiger partial charge on any atom is -0.203 e. The minimum atomic E-state index is -0.656. The molecular weight excluding hydrogens is 314 g/mol. The van der Waals surface area contributed by atoms with E-state index in [-0.39, 0.29) is 13.3 Å². The molecule has 140 valence electrons. The van der Waals surface area contributed by atoms with Crippen molar-refractivity contribution in [3.63, 3.8) is 0 Å². The van der Waals surface area contributed by atoms with Crippen LogP contribution < -0.4 is 0 Å². The summed E-state index contributed by atoms with van der Waals surface area (Å²) in [7, 11) is 0. The first-order valence-electron chi connectivity index (χ1n) is 9.67. The van der Waals surface area contributed by atoms with E-state index in [1.165, 1.54) is 38.5 Å². The molecule has 0 aromatic heterocycles. The Morgan fingerprint density at radius 2 is 1.40 bits per heavy atom. The van der Waals surface area contributed by atoms with Crippen LogP contribution in [0.3, 0.4) is 0 Å². The molecule has 0 radical (unpaired) electrons.